The number of nitrogens with zero attached hydrogens (tertiary/aromatic N) is 2. The molecule has 0 aliphatic carbocycles. The monoisotopic (exact) mass is 621 g/mol. The molecule has 0 radical (unpaired) electrons. The smallest absolute Gasteiger partial charge is 0.496 e. The van der Waals surface area contributed by atoms with Crippen LogP contribution in [-0.4, -0.2) is 43.5 Å². The van der Waals surface area contributed by atoms with Crippen molar-refractivity contribution >= 4 is 44.9 Å². The van der Waals surface area contributed by atoms with Crippen LogP contribution >= 0.6 is 15.9 Å². The number of benzene rings is 3. The Morgan fingerprint density at radius 2 is 1.73 bits per heavy atom. The lowest BCUT2D eigenvalue weighted by molar-refractivity contribution is -0.274. The Morgan fingerprint density at radius 1 is 1.05 bits per heavy atom. The average molecular weight is 622 g/mol. The zero-order valence-electron chi connectivity index (χ0n) is 21.5. The van der Waals surface area contributed by atoms with E-state index in [2.05, 4.69) is 31.0 Å². The molecular weight excluding hydrogens is 595 g/mol. The number of carboxylic acids is 1. The Labute approximate surface area is 237 Å². The van der Waals surface area contributed by atoms with E-state index < -0.39 is 18.2 Å². The molecule has 1 saturated heterocycles. The van der Waals surface area contributed by atoms with Crippen LogP contribution < -0.4 is 24.8 Å². The molecule has 12 heteroatoms. The number of alkyl halides is 3. The molecule has 0 bridgehead atoms. The molecule has 0 aromatic heterocycles. The van der Waals surface area contributed by atoms with Gasteiger partial charge in [0, 0.05) is 17.6 Å². The van der Waals surface area contributed by atoms with E-state index in [1.807, 2.05) is 24.3 Å². The number of nitrogens with one attached hydrogen (secondary N) is 1. The highest BCUT2D eigenvalue weighted by atomic mass is 79.9. The summed E-state index contributed by atoms with van der Waals surface area (Å²) in [5.41, 5.74) is 5.21. The first-order valence-electron chi connectivity index (χ1n) is 12.4. The first-order valence-corrected chi connectivity index (χ1v) is 13.2. The second-order valence-corrected chi connectivity index (χ2v) is 9.93. The number of anilines is 3. The van der Waals surface area contributed by atoms with Crippen LogP contribution in [0.4, 0.5) is 30.2 Å². The Balaban J connectivity index is 1.67. The van der Waals surface area contributed by atoms with Gasteiger partial charge in [0.2, 0.25) is 5.91 Å². The van der Waals surface area contributed by atoms with E-state index in [-0.39, 0.29) is 23.5 Å². The molecule has 3 aromatic rings. The van der Waals surface area contributed by atoms with E-state index in [1.54, 1.807) is 0 Å². The number of ether oxygens (including phenoxy) is 2. The highest BCUT2D eigenvalue weighted by molar-refractivity contribution is 9.10. The molecule has 0 spiro atoms. The predicted octanol–water partition coefficient (Wildman–Crippen LogP) is 6.46. The van der Waals surface area contributed by atoms with E-state index in [0.717, 1.165) is 38.0 Å². The van der Waals surface area contributed by atoms with E-state index in [4.69, 9.17) is 4.74 Å². The number of piperidine rings is 1. The summed E-state index contributed by atoms with van der Waals surface area (Å²) < 4.78 is 47.8. The van der Waals surface area contributed by atoms with Gasteiger partial charge in [0.25, 0.3) is 0 Å². The molecule has 0 saturated carbocycles. The fourth-order valence-electron chi connectivity index (χ4n) is 4.52. The summed E-state index contributed by atoms with van der Waals surface area (Å²) in [7, 11) is 1.34. The number of rotatable bonds is 9. The van der Waals surface area contributed by atoms with Crippen LogP contribution in [0.15, 0.2) is 65.1 Å². The number of carbonyl (C=O) groups excluding carboxylic acids is 1. The summed E-state index contributed by atoms with van der Waals surface area (Å²) >= 11 is 3.33. The fourth-order valence-corrected chi connectivity index (χ4v) is 5.00. The molecule has 0 unspecified atom stereocenters. The van der Waals surface area contributed by atoms with Crippen LogP contribution in [0.5, 0.6) is 11.5 Å². The minimum absolute atomic E-state index is 0.0585. The molecule has 1 aliphatic heterocycles. The SMILES string of the molecule is COc1cc(CC(=O)NN(c2ccc(OC(F)(F)F)cc2)c2ccccc2N2CCCCC2)c(Br)cc1C(=O)O. The minimum Gasteiger partial charge on any atom is -0.496 e. The molecule has 2 N–H and O–H groups in total. The molecule has 8 nitrogen and oxygen atoms in total. The number of carboxylic acid groups (broad SMARTS) is 1. The molecule has 1 amide bonds. The van der Waals surface area contributed by atoms with E-state index in [9.17, 15) is 27.9 Å². The quantitative estimate of drug-likeness (QED) is 0.265. The van der Waals surface area contributed by atoms with Crippen LogP contribution in [-0.2, 0) is 11.2 Å². The van der Waals surface area contributed by atoms with Gasteiger partial charge in [-0.25, -0.2) is 4.79 Å². The Morgan fingerprint density at radius 3 is 2.35 bits per heavy atom. The summed E-state index contributed by atoms with van der Waals surface area (Å²) in [5.74, 6) is -1.91. The standard InChI is InChI=1S/C28H27BrF3N3O5/c1-39-25-15-18(22(29)17-21(25)27(37)38)16-26(36)33-35(19-9-11-20(12-10-19)40-28(30,31)32)24-8-4-3-7-23(24)34-13-5-2-6-14-34/h3-4,7-12,15,17H,2,5-6,13-14,16H2,1H3,(H,33,36)(H,37,38). The fraction of sp³-hybridized carbons (Fsp3) is 0.286. The number of hydrogen-bond donors (Lipinski definition) is 2. The van der Waals surface area contributed by atoms with Gasteiger partial charge in [-0.05, 0) is 73.4 Å². The summed E-state index contributed by atoms with van der Waals surface area (Å²) in [4.78, 5) is 27.1. The van der Waals surface area contributed by atoms with E-state index in [1.165, 1.54) is 48.5 Å². The summed E-state index contributed by atoms with van der Waals surface area (Å²) in [6.07, 6.45) is -1.81. The normalized spacial score (nSPS) is 13.5. The Hall–Kier alpha value is -3.93. The maximum atomic E-state index is 13.4. The topological polar surface area (TPSA) is 91.3 Å². The molecule has 4 rings (SSSR count). The number of hydrogen-bond acceptors (Lipinski definition) is 6. The van der Waals surface area contributed by atoms with Crippen molar-refractivity contribution in [2.75, 3.05) is 30.1 Å². The van der Waals surface area contributed by atoms with Crippen LogP contribution in [0.3, 0.4) is 0 Å². The summed E-state index contributed by atoms with van der Waals surface area (Å²) in [5, 5.41) is 10.9. The van der Waals surface area contributed by atoms with Crippen molar-refractivity contribution in [3.8, 4) is 11.5 Å². The van der Waals surface area contributed by atoms with Crippen molar-refractivity contribution in [1.82, 2.24) is 5.43 Å². The Bertz CT molecular complexity index is 1360. The average Bonchev–Trinajstić information content (AvgIpc) is 2.92. The minimum atomic E-state index is -4.83. The van der Waals surface area contributed by atoms with Gasteiger partial charge in [-0.15, -0.1) is 13.2 Å². The molecule has 1 aliphatic rings. The van der Waals surface area contributed by atoms with Crippen molar-refractivity contribution < 1.29 is 37.3 Å². The zero-order valence-corrected chi connectivity index (χ0v) is 23.1. The van der Waals surface area contributed by atoms with Crippen molar-refractivity contribution in [1.29, 1.82) is 0 Å². The highest BCUT2D eigenvalue weighted by Gasteiger charge is 2.31. The van der Waals surface area contributed by atoms with E-state index in [0.29, 0.717) is 21.4 Å². The molecule has 0 atom stereocenters. The van der Waals surface area contributed by atoms with Crippen molar-refractivity contribution in [2.45, 2.75) is 32.0 Å². The maximum absolute atomic E-state index is 13.4. The largest absolute Gasteiger partial charge is 0.573 e. The lowest BCUT2D eigenvalue weighted by atomic mass is 10.1. The molecule has 3 aromatic carbocycles. The van der Waals surface area contributed by atoms with Gasteiger partial charge in [0.05, 0.1) is 30.6 Å². The number of methoxy groups -OCH3 is 1. The van der Waals surface area contributed by atoms with Gasteiger partial charge in [-0.2, -0.15) is 0 Å². The lowest BCUT2D eigenvalue weighted by Gasteiger charge is -2.34. The maximum Gasteiger partial charge on any atom is 0.573 e. The molecule has 1 heterocycles. The van der Waals surface area contributed by atoms with Gasteiger partial charge in [-0.1, -0.05) is 28.1 Å². The second-order valence-electron chi connectivity index (χ2n) is 9.07. The number of carbonyl (C=O) groups is 2. The van der Waals surface area contributed by atoms with Crippen LogP contribution in [0.25, 0.3) is 0 Å². The number of para-hydroxylation sites is 2. The predicted molar refractivity (Wildman–Crippen MR) is 147 cm³/mol. The molecular formula is C28H27BrF3N3O5. The summed E-state index contributed by atoms with van der Waals surface area (Å²) in [6, 6.07) is 15.5. The zero-order chi connectivity index (χ0) is 28.9. The number of halogens is 4. The number of amides is 1. The lowest BCUT2D eigenvalue weighted by Crippen LogP contribution is -2.41. The van der Waals surface area contributed by atoms with Crippen molar-refractivity contribution in [3.63, 3.8) is 0 Å². The van der Waals surface area contributed by atoms with Crippen LogP contribution in [0.1, 0.15) is 35.2 Å². The van der Waals surface area contributed by atoms with Gasteiger partial charge in [0.15, 0.2) is 0 Å². The molecule has 40 heavy (non-hydrogen) atoms. The van der Waals surface area contributed by atoms with E-state index >= 15 is 0 Å². The van der Waals surface area contributed by atoms with Gasteiger partial charge in [0.1, 0.15) is 17.1 Å². The first kappa shape index (κ1) is 29.1. The van der Waals surface area contributed by atoms with Crippen molar-refractivity contribution in [2.24, 2.45) is 0 Å². The van der Waals surface area contributed by atoms with Gasteiger partial charge < -0.3 is 19.5 Å². The Kier molecular flexibility index (Phi) is 9.08. The highest BCUT2D eigenvalue weighted by Crippen LogP contribution is 2.36. The van der Waals surface area contributed by atoms with Gasteiger partial charge in [-0.3, -0.25) is 15.2 Å². The van der Waals surface area contributed by atoms with Gasteiger partial charge >= 0.3 is 12.3 Å². The second kappa shape index (κ2) is 12.5. The van der Waals surface area contributed by atoms with Crippen molar-refractivity contribution in [3.05, 3.63) is 76.3 Å². The van der Waals surface area contributed by atoms with Crippen LogP contribution in [0.2, 0.25) is 0 Å². The third kappa shape index (κ3) is 7.17. The number of hydrazine groups is 1. The first-order chi connectivity index (χ1) is 19.1. The molecule has 1 fully saturated rings. The third-order valence-electron chi connectivity index (χ3n) is 6.33. The molecule has 212 valence electrons. The summed E-state index contributed by atoms with van der Waals surface area (Å²) in [6.45, 7) is 1.67. The number of aromatic carboxylic acids is 1. The van der Waals surface area contributed by atoms with Crippen LogP contribution in [0, 0.1) is 0 Å². The third-order valence-corrected chi connectivity index (χ3v) is 7.07.